The Bertz CT molecular complexity index is 816. The van der Waals surface area contributed by atoms with Crippen molar-refractivity contribution in [1.29, 1.82) is 0 Å². The van der Waals surface area contributed by atoms with Gasteiger partial charge in [0.05, 0.1) is 5.41 Å². The van der Waals surface area contributed by atoms with Gasteiger partial charge < -0.3 is 10.1 Å². The molecule has 0 bridgehead atoms. The van der Waals surface area contributed by atoms with Crippen molar-refractivity contribution in [1.82, 2.24) is 5.32 Å². The van der Waals surface area contributed by atoms with Gasteiger partial charge in [-0.05, 0) is 48.2 Å². The van der Waals surface area contributed by atoms with E-state index >= 15 is 0 Å². The zero-order chi connectivity index (χ0) is 19.3. The van der Waals surface area contributed by atoms with Crippen LogP contribution in [0.4, 0.5) is 4.39 Å². The molecule has 2 aromatic carbocycles. The lowest BCUT2D eigenvalue weighted by Crippen LogP contribution is -2.37. The van der Waals surface area contributed by atoms with E-state index < -0.39 is 11.4 Å². The summed E-state index contributed by atoms with van der Waals surface area (Å²) in [7, 11) is 0. The summed E-state index contributed by atoms with van der Waals surface area (Å²) in [6.45, 7) is -0.0356. The molecular formula is C21H21ClFNO3. The lowest BCUT2D eigenvalue weighted by atomic mass is 9.79. The van der Waals surface area contributed by atoms with E-state index in [9.17, 15) is 14.0 Å². The van der Waals surface area contributed by atoms with Crippen LogP contribution < -0.4 is 5.32 Å². The summed E-state index contributed by atoms with van der Waals surface area (Å²) < 4.78 is 18.9. The van der Waals surface area contributed by atoms with E-state index in [0.29, 0.717) is 30.0 Å². The second-order valence-corrected chi connectivity index (χ2v) is 7.22. The van der Waals surface area contributed by atoms with E-state index in [-0.39, 0.29) is 18.3 Å². The maximum Gasteiger partial charge on any atom is 0.317 e. The number of hydrogen-bond acceptors (Lipinski definition) is 3. The van der Waals surface area contributed by atoms with E-state index in [2.05, 4.69) is 5.32 Å². The van der Waals surface area contributed by atoms with Gasteiger partial charge >= 0.3 is 5.97 Å². The third-order valence-corrected chi connectivity index (χ3v) is 5.21. The normalized spacial score (nSPS) is 15.3. The van der Waals surface area contributed by atoms with Gasteiger partial charge in [-0.3, -0.25) is 9.59 Å². The molecule has 1 aliphatic carbocycles. The number of carbonyl (C=O) groups is 2. The topological polar surface area (TPSA) is 55.4 Å². The molecule has 27 heavy (non-hydrogen) atoms. The average Bonchev–Trinajstić information content (AvgIpc) is 3.17. The van der Waals surface area contributed by atoms with Crippen LogP contribution in [0.5, 0.6) is 0 Å². The molecule has 3 rings (SSSR count). The van der Waals surface area contributed by atoms with Crippen molar-refractivity contribution in [3.8, 4) is 0 Å². The number of halogens is 2. The first-order chi connectivity index (χ1) is 13.0. The van der Waals surface area contributed by atoms with Crippen LogP contribution in [-0.2, 0) is 26.3 Å². The first kappa shape index (κ1) is 19.4. The molecule has 6 heteroatoms. The van der Waals surface area contributed by atoms with E-state index in [0.717, 1.165) is 18.4 Å². The van der Waals surface area contributed by atoms with E-state index in [1.807, 2.05) is 12.1 Å². The first-order valence-corrected chi connectivity index (χ1v) is 9.32. The molecule has 1 amide bonds. The molecule has 2 aromatic rings. The second-order valence-electron chi connectivity index (χ2n) is 6.78. The van der Waals surface area contributed by atoms with Crippen molar-refractivity contribution < 1.29 is 18.7 Å². The van der Waals surface area contributed by atoms with Gasteiger partial charge in [-0.25, -0.2) is 4.39 Å². The number of nitrogens with one attached hydrogen (secondary N) is 1. The Hall–Kier alpha value is -2.40. The van der Waals surface area contributed by atoms with Crippen LogP contribution in [-0.4, -0.2) is 18.5 Å². The molecular weight excluding hydrogens is 369 g/mol. The SMILES string of the molecule is O=C(COC(=O)C1(c2cccc(F)c2)CCCC1)NCc1ccc(Cl)cc1. The monoisotopic (exact) mass is 389 g/mol. The van der Waals surface area contributed by atoms with Crippen molar-refractivity contribution >= 4 is 23.5 Å². The summed E-state index contributed by atoms with van der Waals surface area (Å²) >= 11 is 5.83. The van der Waals surface area contributed by atoms with Gasteiger partial charge in [-0.15, -0.1) is 0 Å². The second kappa shape index (κ2) is 8.53. The molecule has 142 valence electrons. The van der Waals surface area contributed by atoms with Gasteiger partial charge in [-0.1, -0.05) is 48.7 Å². The quantitative estimate of drug-likeness (QED) is 0.755. The summed E-state index contributed by atoms with van der Waals surface area (Å²) in [5, 5.41) is 3.33. The van der Waals surface area contributed by atoms with Gasteiger partial charge in [0.25, 0.3) is 5.91 Å². The number of amides is 1. The van der Waals surface area contributed by atoms with Crippen LogP contribution in [0.15, 0.2) is 48.5 Å². The molecule has 0 atom stereocenters. The van der Waals surface area contributed by atoms with Crippen LogP contribution in [0, 0.1) is 5.82 Å². The van der Waals surface area contributed by atoms with Gasteiger partial charge in [0.15, 0.2) is 6.61 Å². The Kier molecular flexibility index (Phi) is 6.11. The van der Waals surface area contributed by atoms with Crippen LogP contribution in [0.2, 0.25) is 5.02 Å². The molecule has 1 fully saturated rings. The lowest BCUT2D eigenvalue weighted by Gasteiger charge is -2.27. The van der Waals surface area contributed by atoms with Crippen molar-refractivity contribution in [3.63, 3.8) is 0 Å². The molecule has 0 heterocycles. The van der Waals surface area contributed by atoms with Crippen LogP contribution in [0.25, 0.3) is 0 Å². The minimum absolute atomic E-state index is 0.322. The molecule has 0 spiro atoms. The molecule has 1 aliphatic rings. The Morgan fingerprint density at radius 1 is 1.11 bits per heavy atom. The van der Waals surface area contributed by atoms with Crippen LogP contribution >= 0.6 is 11.6 Å². The Labute approximate surface area is 162 Å². The van der Waals surface area contributed by atoms with Crippen molar-refractivity contribution in [3.05, 3.63) is 70.5 Å². The summed E-state index contributed by atoms with van der Waals surface area (Å²) in [6.07, 6.45) is 2.94. The summed E-state index contributed by atoms with van der Waals surface area (Å²) in [5.74, 6) is -1.23. The Morgan fingerprint density at radius 3 is 2.48 bits per heavy atom. The molecule has 4 nitrogen and oxygen atoms in total. The maximum absolute atomic E-state index is 13.6. The van der Waals surface area contributed by atoms with Crippen molar-refractivity contribution in [2.75, 3.05) is 6.61 Å². The van der Waals surface area contributed by atoms with Crippen LogP contribution in [0.1, 0.15) is 36.8 Å². The van der Waals surface area contributed by atoms with Crippen molar-refractivity contribution in [2.24, 2.45) is 0 Å². The summed E-state index contributed by atoms with van der Waals surface area (Å²) in [5.41, 5.74) is 0.649. The highest BCUT2D eigenvalue weighted by molar-refractivity contribution is 6.30. The largest absolute Gasteiger partial charge is 0.455 e. The highest BCUT2D eigenvalue weighted by atomic mass is 35.5. The fourth-order valence-electron chi connectivity index (χ4n) is 3.50. The molecule has 0 saturated heterocycles. The molecule has 0 aromatic heterocycles. The third kappa shape index (κ3) is 4.66. The third-order valence-electron chi connectivity index (χ3n) is 4.96. The van der Waals surface area contributed by atoms with Crippen LogP contribution in [0.3, 0.4) is 0 Å². The number of carbonyl (C=O) groups excluding carboxylic acids is 2. The number of hydrogen-bond donors (Lipinski definition) is 1. The Balaban J connectivity index is 1.58. The minimum atomic E-state index is -0.863. The Morgan fingerprint density at radius 2 is 1.81 bits per heavy atom. The standard InChI is InChI=1S/C21H21ClFNO3/c22-17-8-6-15(7-9-17)13-24-19(25)14-27-20(26)21(10-1-2-11-21)16-4-3-5-18(23)12-16/h3-9,12H,1-2,10-11,13-14H2,(H,24,25). The molecule has 0 aliphatic heterocycles. The van der Waals surface area contributed by atoms with Gasteiger partial charge in [0.1, 0.15) is 5.82 Å². The predicted molar refractivity (Wildman–Crippen MR) is 101 cm³/mol. The number of ether oxygens (including phenoxy) is 1. The van der Waals surface area contributed by atoms with Crippen molar-refractivity contribution in [2.45, 2.75) is 37.6 Å². The highest BCUT2D eigenvalue weighted by Gasteiger charge is 2.44. The number of esters is 1. The smallest absolute Gasteiger partial charge is 0.317 e. The average molecular weight is 390 g/mol. The maximum atomic E-state index is 13.6. The van der Waals surface area contributed by atoms with E-state index in [1.165, 1.54) is 12.1 Å². The van der Waals surface area contributed by atoms with E-state index in [4.69, 9.17) is 16.3 Å². The fourth-order valence-corrected chi connectivity index (χ4v) is 3.62. The zero-order valence-electron chi connectivity index (χ0n) is 14.8. The predicted octanol–water partition coefficient (Wildman–Crippen LogP) is 4.15. The zero-order valence-corrected chi connectivity index (χ0v) is 15.6. The highest BCUT2D eigenvalue weighted by Crippen LogP contribution is 2.42. The summed E-state index contributed by atoms with van der Waals surface area (Å²) in [6, 6.07) is 13.2. The molecule has 0 radical (unpaired) electrons. The molecule has 1 saturated carbocycles. The minimum Gasteiger partial charge on any atom is -0.455 e. The van der Waals surface area contributed by atoms with Gasteiger partial charge in [0.2, 0.25) is 0 Å². The molecule has 0 unspecified atom stereocenters. The first-order valence-electron chi connectivity index (χ1n) is 8.94. The lowest BCUT2D eigenvalue weighted by molar-refractivity contribution is -0.154. The number of benzene rings is 2. The fraction of sp³-hybridized carbons (Fsp3) is 0.333. The summed E-state index contributed by atoms with van der Waals surface area (Å²) in [4.78, 5) is 24.8. The van der Waals surface area contributed by atoms with E-state index in [1.54, 1.807) is 24.3 Å². The van der Waals surface area contributed by atoms with Gasteiger partial charge in [0, 0.05) is 11.6 Å². The number of rotatable bonds is 6. The molecule has 1 N–H and O–H groups in total. The van der Waals surface area contributed by atoms with Gasteiger partial charge in [-0.2, -0.15) is 0 Å².